The molecule has 8 nitrogen and oxygen atoms in total. The summed E-state index contributed by atoms with van der Waals surface area (Å²) in [5.74, 6) is -0.514. The van der Waals surface area contributed by atoms with E-state index in [1.807, 2.05) is 41.3 Å². The number of hydrogen-bond acceptors (Lipinski definition) is 5. The van der Waals surface area contributed by atoms with Gasteiger partial charge >= 0.3 is 6.03 Å². The fourth-order valence-corrected chi connectivity index (χ4v) is 6.97. The van der Waals surface area contributed by atoms with Gasteiger partial charge in [0.25, 0.3) is 5.91 Å². The van der Waals surface area contributed by atoms with Gasteiger partial charge < -0.3 is 15.1 Å². The number of aromatic nitrogens is 1. The molecular formula is C28H25F2N5O3. The predicted octanol–water partition coefficient (Wildman–Crippen LogP) is 3.51. The van der Waals surface area contributed by atoms with Gasteiger partial charge in [0.2, 0.25) is 12.3 Å². The molecule has 2 aromatic carbocycles. The van der Waals surface area contributed by atoms with Crippen LogP contribution in [0.5, 0.6) is 0 Å². The van der Waals surface area contributed by atoms with Crippen molar-refractivity contribution in [3.05, 3.63) is 64.8 Å². The van der Waals surface area contributed by atoms with Crippen LogP contribution in [0, 0.1) is 0 Å². The van der Waals surface area contributed by atoms with Crippen molar-refractivity contribution in [2.75, 3.05) is 23.8 Å². The molecule has 7 rings (SSSR count). The molecular weight excluding hydrogens is 492 g/mol. The van der Waals surface area contributed by atoms with Gasteiger partial charge in [-0.2, -0.15) is 0 Å². The Bertz CT molecular complexity index is 1580. The van der Waals surface area contributed by atoms with Crippen LogP contribution in [0.2, 0.25) is 0 Å². The van der Waals surface area contributed by atoms with Crippen LogP contribution in [0.4, 0.5) is 25.0 Å². The SMILES string of the molecule is CN1C(=O)NC(=O)C12Cc1cc3ccc(CN4CC5(CC(F)F)CC(=O)Nc6cccc4c65)nc3cc1C2. The lowest BCUT2D eigenvalue weighted by molar-refractivity contribution is -0.125. The highest BCUT2D eigenvalue weighted by molar-refractivity contribution is 6.08. The van der Waals surface area contributed by atoms with Crippen LogP contribution in [0.15, 0.2) is 42.5 Å². The van der Waals surface area contributed by atoms with E-state index in [0.29, 0.717) is 31.6 Å². The number of nitrogens with one attached hydrogen (secondary N) is 2. The minimum Gasteiger partial charge on any atom is -0.364 e. The number of carbonyl (C=O) groups is 3. The minimum atomic E-state index is -2.53. The molecule has 0 bridgehead atoms. The molecule has 1 spiro atoms. The maximum atomic E-state index is 13.7. The quantitative estimate of drug-likeness (QED) is 0.517. The van der Waals surface area contributed by atoms with E-state index in [0.717, 1.165) is 39.0 Å². The Morgan fingerprint density at radius 2 is 1.82 bits per heavy atom. The molecule has 1 saturated heterocycles. The van der Waals surface area contributed by atoms with Gasteiger partial charge in [0, 0.05) is 67.0 Å². The van der Waals surface area contributed by atoms with Gasteiger partial charge in [-0.15, -0.1) is 0 Å². The number of nitrogens with zero attached hydrogens (tertiary/aromatic N) is 3. The standard InChI is InChI=1S/C28H25F2N5O3/c1-34-26(38)33-25(37)28(34)9-16-7-15-5-6-18(31-20(15)8-17(16)10-28)13-35-14-27(11-22(29)30)12-23(36)32-19-3-2-4-21(35)24(19)27/h2-8,22H,9-14H2,1H3,(H,32,36)(H,33,37,38). The summed E-state index contributed by atoms with van der Waals surface area (Å²) < 4.78 is 27.4. The zero-order valence-corrected chi connectivity index (χ0v) is 20.7. The molecule has 2 N–H and O–H groups in total. The first-order valence-corrected chi connectivity index (χ1v) is 12.6. The largest absolute Gasteiger partial charge is 0.364 e. The average molecular weight is 518 g/mol. The lowest BCUT2D eigenvalue weighted by atomic mass is 9.73. The van der Waals surface area contributed by atoms with Crippen molar-refractivity contribution in [2.45, 2.75) is 49.6 Å². The van der Waals surface area contributed by atoms with Crippen LogP contribution in [0.3, 0.4) is 0 Å². The van der Waals surface area contributed by atoms with Gasteiger partial charge in [0.15, 0.2) is 0 Å². The van der Waals surface area contributed by atoms with E-state index in [4.69, 9.17) is 4.98 Å². The number of benzene rings is 2. The summed E-state index contributed by atoms with van der Waals surface area (Å²) in [6.07, 6.45) is -1.98. The van der Waals surface area contributed by atoms with Crippen molar-refractivity contribution in [2.24, 2.45) is 0 Å². The van der Waals surface area contributed by atoms with Crippen LogP contribution in [-0.4, -0.2) is 53.3 Å². The number of fused-ring (bicyclic) bond motifs is 2. The van der Waals surface area contributed by atoms with Gasteiger partial charge in [-0.1, -0.05) is 12.1 Å². The smallest absolute Gasteiger partial charge is 0.324 e. The van der Waals surface area contributed by atoms with Crippen molar-refractivity contribution in [1.29, 1.82) is 0 Å². The fourth-order valence-electron chi connectivity index (χ4n) is 6.97. The zero-order chi connectivity index (χ0) is 26.4. The molecule has 0 radical (unpaired) electrons. The average Bonchev–Trinajstić information content (AvgIpc) is 3.44. The number of hydrogen-bond donors (Lipinski definition) is 2. The second-order valence-corrected chi connectivity index (χ2v) is 11.0. The van der Waals surface area contributed by atoms with E-state index in [2.05, 4.69) is 10.6 Å². The van der Waals surface area contributed by atoms with Crippen LogP contribution in [0.1, 0.15) is 35.2 Å². The topological polar surface area (TPSA) is 94.6 Å². The molecule has 0 saturated carbocycles. The molecule has 1 aromatic heterocycles. The van der Waals surface area contributed by atoms with E-state index in [9.17, 15) is 23.2 Å². The predicted molar refractivity (Wildman–Crippen MR) is 136 cm³/mol. The number of anilines is 2. The van der Waals surface area contributed by atoms with E-state index in [-0.39, 0.29) is 30.7 Å². The lowest BCUT2D eigenvalue weighted by Gasteiger charge is -2.34. The Hall–Kier alpha value is -4.08. The molecule has 10 heteroatoms. The highest BCUT2D eigenvalue weighted by Gasteiger charge is 2.54. The first-order chi connectivity index (χ1) is 18.2. The maximum Gasteiger partial charge on any atom is 0.324 e. The highest BCUT2D eigenvalue weighted by Crippen LogP contribution is 2.52. The molecule has 1 aliphatic carbocycles. The number of alkyl halides is 2. The summed E-state index contributed by atoms with van der Waals surface area (Å²) in [6.45, 7) is 0.727. The summed E-state index contributed by atoms with van der Waals surface area (Å²) in [7, 11) is 1.65. The summed E-state index contributed by atoms with van der Waals surface area (Å²) in [5.41, 5.74) is 3.98. The first kappa shape index (κ1) is 23.1. The monoisotopic (exact) mass is 517 g/mol. The third-order valence-electron chi connectivity index (χ3n) is 8.70. The van der Waals surface area contributed by atoms with Gasteiger partial charge in [0.1, 0.15) is 5.54 Å². The summed E-state index contributed by atoms with van der Waals surface area (Å²) >= 11 is 0. The molecule has 4 aliphatic rings. The van der Waals surface area contributed by atoms with Crippen LogP contribution in [0.25, 0.3) is 10.9 Å². The highest BCUT2D eigenvalue weighted by atomic mass is 19.3. The minimum absolute atomic E-state index is 0.0292. The van der Waals surface area contributed by atoms with E-state index < -0.39 is 17.4 Å². The molecule has 3 aliphatic heterocycles. The Morgan fingerprint density at radius 1 is 1.03 bits per heavy atom. The number of imide groups is 1. The number of pyridine rings is 1. The maximum absolute atomic E-state index is 13.7. The van der Waals surface area contributed by atoms with Crippen LogP contribution < -0.4 is 15.5 Å². The van der Waals surface area contributed by atoms with Gasteiger partial charge in [-0.3, -0.25) is 19.9 Å². The number of amides is 4. The Balaban J connectivity index is 1.21. The zero-order valence-electron chi connectivity index (χ0n) is 20.7. The van der Waals surface area contributed by atoms with Gasteiger partial charge in [-0.05, 0) is 41.5 Å². The van der Waals surface area contributed by atoms with Crippen molar-refractivity contribution < 1.29 is 23.2 Å². The third-order valence-corrected chi connectivity index (χ3v) is 8.70. The van der Waals surface area contributed by atoms with Crippen LogP contribution >= 0.6 is 0 Å². The number of halogens is 2. The third kappa shape index (κ3) is 3.18. The van der Waals surface area contributed by atoms with Crippen molar-refractivity contribution >= 4 is 40.1 Å². The summed E-state index contributed by atoms with van der Waals surface area (Å²) in [4.78, 5) is 45.6. The molecule has 38 heavy (non-hydrogen) atoms. The first-order valence-electron chi connectivity index (χ1n) is 12.6. The van der Waals surface area contributed by atoms with E-state index in [1.165, 1.54) is 4.90 Å². The Kier molecular flexibility index (Phi) is 4.69. The summed E-state index contributed by atoms with van der Waals surface area (Å²) in [5, 5.41) is 6.21. The molecule has 2 atom stereocenters. The molecule has 194 valence electrons. The van der Waals surface area contributed by atoms with Crippen molar-refractivity contribution in [3.63, 3.8) is 0 Å². The fraction of sp³-hybridized carbons (Fsp3) is 0.357. The number of carbonyl (C=O) groups excluding carboxylic acids is 3. The lowest BCUT2D eigenvalue weighted by Crippen LogP contribution is -2.48. The summed E-state index contributed by atoms with van der Waals surface area (Å²) in [6, 6.07) is 13.1. The molecule has 1 fully saturated rings. The molecule has 4 amide bonds. The number of rotatable bonds is 4. The molecule has 4 heterocycles. The number of urea groups is 1. The van der Waals surface area contributed by atoms with E-state index in [1.54, 1.807) is 13.1 Å². The van der Waals surface area contributed by atoms with Crippen molar-refractivity contribution in [3.8, 4) is 0 Å². The Labute approximate surface area is 217 Å². The van der Waals surface area contributed by atoms with Crippen molar-refractivity contribution in [1.82, 2.24) is 15.2 Å². The number of likely N-dealkylation sites (N-methyl/N-ethyl adjacent to an activating group) is 1. The normalized spacial score (nSPS) is 25.4. The second kappa shape index (κ2) is 7.72. The molecule has 2 unspecified atom stereocenters. The van der Waals surface area contributed by atoms with Gasteiger partial charge in [-0.25, -0.2) is 13.6 Å². The second-order valence-electron chi connectivity index (χ2n) is 11.0. The Morgan fingerprint density at radius 3 is 2.55 bits per heavy atom. The molecule has 3 aromatic rings. The van der Waals surface area contributed by atoms with E-state index >= 15 is 0 Å². The van der Waals surface area contributed by atoms with Crippen LogP contribution in [-0.2, 0) is 34.4 Å². The van der Waals surface area contributed by atoms with Gasteiger partial charge in [0.05, 0.1) is 17.8 Å².